The first kappa shape index (κ1) is 13.7. The molecule has 1 aliphatic heterocycles. The van der Waals surface area contributed by atoms with Gasteiger partial charge in [0.15, 0.2) is 5.57 Å². The van der Waals surface area contributed by atoms with Crippen molar-refractivity contribution in [2.75, 3.05) is 0 Å². The van der Waals surface area contributed by atoms with E-state index in [0.29, 0.717) is 12.2 Å². The van der Waals surface area contributed by atoms with Gasteiger partial charge in [-0.2, -0.15) is 10.5 Å². The summed E-state index contributed by atoms with van der Waals surface area (Å²) in [5.41, 5.74) is 3.86. The van der Waals surface area contributed by atoms with Crippen LogP contribution in [0.1, 0.15) is 16.7 Å². The van der Waals surface area contributed by atoms with Gasteiger partial charge in [0.2, 0.25) is 0 Å². The average Bonchev–Trinajstić information content (AvgIpc) is 2.58. The smallest absolute Gasteiger partial charge is 0.153 e. The van der Waals surface area contributed by atoms with Gasteiger partial charge in [-0.3, -0.25) is 0 Å². The lowest BCUT2D eigenvalue weighted by Gasteiger charge is -2.28. The minimum Gasteiger partial charge on any atom is -0.341 e. The molecule has 3 heteroatoms. The topological polar surface area (TPSA) is 50.8 Å². The van der Waals surface area contributed by atoms with Gasteiger partial charge in [-0.05, 0) is 17.2 Å². The summed E-state index contributed by atoms with van der Waals surface area (Å²) in [6.07, 6.45) is 3.94. The monoisotopic (exact) mass is 283 g/mol. The summed E-state index contributed by atoms with van der Waals surface area (Å²) in [5.74, 6) is 0. The van der Waals surface area contributed by atoms with E-state index in [1.807, 2.05) is 83.9 Å². The maximum atomic E-state index is 9.31. The Hall–Kier alpha value is -3.30. The predicted molar refractivity (Wildman–Crippen MR) is 85.6 cm³/mol. The molecule has 0 fully saturated rings. The Labute approximate surface area is 129 Å². The van der Waals surface area contributed by atoms with Crippen LogP contribution in [0.25, 0.3) is 11.8 Å². The highest BCUT2D eigenvalue weighted by Crippen LogP contribution is 2.32. The normalized spacial score (nSPS) is 12.3. The summed E-state index contributed by atoms with van der Waals surface area (Å²) in [6, 6.07) is 21.8. The summed E-state index contributed by atoms with van der Waals surface area (Å²) < 4.78 is 0. The molecule has 0 spiro atoms. The molecule has 1 aliphatic rings. The quantitative estimate of drug-likeness (QED) is 0.785. The lowest BCUT2D eigenvalue weighted by atomic mass is 9.97. The van der Waals surface area contributed by atoms with Crippen LogP contribution in [0.2, 0.25) is 0 Å². The lowest BCUT2D eigenvalue weighted by molar-refractivity contribution is 0.524. The molecule has 0 unspecified atom stereocenters. The first-order valence-electron chi connectivity index (χ1n) is 6.96. The molecule has 3 nitrogen and oxygen atoms in total. The molecule has 0 radical (unpaired) electrons. The number of fused-ring (bicyclic) bond motifs is 1. The highest BCUT2D eigenvalue weighted by molar-refractivity contribution is 5.82. The van der Waals surface area contributed by atoms with Crippen molar-refractivity contribution in [3.63, 3.8) is 0 Å². The van der Waals surface area contributed by atoms with Crippen molar-refractivity contribution in [1.29, 1.82) is 10.5 Å². The number of allylic oxidation sites excluding steroid dienone is 1. The molecule has 1 heterocycles. The Morgan fingerprint density at radius 3 is 2.32 bits per heavy atom. The Morgan fingerprint density at radius 2 is 1.59 bits per heavy atom. The molecular formula is C19H13N3. The Bertz CT molecular complexity index is 817. The summed E-state index contributed by atoms with van der Waals surface area (Å²) in [7, 11) is 0. The highest BCUT2D eigenvalue weighted by atomic mass is 15.1. The standard InChI is InChI=1S/C19H13N3/c20-12-17(13-21)19-18-9-5-4-8-16(18)10-11-22(19)14-15-6-2-1-3-7-15/h1-11H,14H2. The van der Waals surface area contributed by atoms with E-state index in [9.17, 15) is 10.5 Å². The van der Waals surface area contributed by atoms with E-state index >= 15 is 0 Å². The third-order valence-corrected chi connectivity index (χ3v) is 3.59. The van der Waals surface area contributed by atoms with Crippen LogP contribution < -0.4 is 0 Å². The molecule has 104 valence electrons. The van der Waals surface area contributed by atoms with Gasteiger partial charge in [0, 0.05) is 18.3 Å². The number of hydrogen-bond acceptors (Lipinski definition) is 3. The fourth-order valence-corrected chi connectivity index (χ4v) is 2.58. The summed E-state index contributed by atoms with van der Waals surface area (Å²) in [4.78, 5) is 1.96. The molecule has 0 atom stereocenters. The van der Waals surface area contributed by atoms with E-state index in [2.05, 4.69) is 0 Å². The molecule has 0 aliphatic carbocycles. The van der Waals surface area contributed by atoms with E-state index in [-0.39, 0.29) is 5.57 Å². The zero-order valence-electron chi connectivity index (χ0n) is 11.9. The van der Waals surface area contributed by atoms with Crippen molar-refractivity contribution < 1.29 is 0 Å². The maximum absolute atomic E-state index is 9.31. The van der Waals surface area contributed by atoms with Gasteiger partial charge in [-0.25, -0.2) is 0 Å². The zero-order chi connectivity index (χ0) is 15.4. The van der Waals surface area contributed by atoms with Gasteiger partial charge in [0.05, 0.1) is 5.70 Å². The Kier molecular flexibility index (Phi) is 3.72. The predicted octanol–water partition coefficient (Wildman–Crippen LogP) is 3.93. The van der Waals surface area contributed by atoms with Crippen LogP contribution >= 0.6 is 0 Å². The van der Waals surface area contributed by atoms with E-state index in [4.69, 9.17) is 0 Å². The summed E-state index contributed by atoms with van der Waals surface area (Å²) in [6.45, 7) is 0.619. The van der Waals surface area contributed by atoms with Crippen molar-refractivity contribution in [2.24, 2.45) is 0 Å². The largest absolute Gasteiger partial charge is 0.341 e. The minimum absolute atomic E-state index is 0.132. The Balaban J connectivity index is 2.10. The molecule has 3 rings (SSSR count). The second-order valence-corrected chi connectivity index (χ2v) is 4.96. The first-order valence-corrected chi connectivity index (χ1v) is 6.96. The third-order valence-electron chi connectivity index (χ3n) is 3.59. The number of hydrogen-bond donors (Lipinski definition) is 0. The second-order valence-electron chi connectivity index (χ2n) is 4.96. The highest BCUT2D eigenvalue weighted by Gasteiger charge is 2.21. The van der Waals surface area contributed by atoms with Crippen LogP contribution in [0.5, 0.6) is 0 Å². The molecular weight excluding hydrogens is 270 g/mol. The third kappa shape index (κ3) is 2.49. The number of benzene rings is 2. The molecule has 2 aromatic rings. The van der Waals surface area contributed by atoms with Crippen LogP contribution in [0.3, 0.4) is 0 Å². The number of nitrogens with zero attached hydrogens (tertiary/aromatic N) is 3. The van der Waals surface area contributed by atoms with Crippen LogP contribution in [0, 0.1) is 22.7 Å². The van der Waals surface area contributed by atoms with Crippen LogP contribution in [-0.2, 0) is 6.54 Å². The lowest BCUT2D eigenvalue weighted by Crippen LogP contribution is -2.20. The van der Waals surface area contributed by atoms with Crippen LogP contribution in [0.15, 0.2) is 66.4 Å². The molecule has 0 saturated carbocycles. The minimum atomic E-state index is 0.132. The van der Waals surface area contributed by atoms with Gasteiger partial charge >= 0.3 is 0 Å². The molecule has 0 aromatic heterocycles. The van der Waals surface area contributed by atoms with Gasteiger partial charge in [-0.15, -0.1) is 0 Å². The van der Waals surface area contributed by atoms with E-state index < -0.39 is 0 Å². The molecule has 0 bridgehead atoms. The fraction of sp³-hybridized carbons (Fsp3) is 0.0526. The van der Waals surface area contributed by atoms with Crippen molar-refractivity contribution in [3.8, 4) is 12.1 Å². The summed E-state index contributed by atoms with van der Waals surface area (Å²) in [5, 5.41) is 18.6. The SMILES string of the molecule is N#CC(C#N)=C1c2ccccc2C=CN1Cc1ccccc1. The second kappa shape index (κ2) is 5.99. The van der Waals surface area contributed by atoms with Gasteiger partial charge in [-0.1, -0.05) is 54.6 Å². The van der Waals surface area contributed by atoms with Crippen LogP contribution in [-0.4, -0.2) is 4.90 Å². The maximum Gasteiger partial charge on any atom is 0.153 e. The van der Waals surface area contributed by atoms with Crippen molar-refractivity contribution in [3.05, 3.63) is 83.1 Å². The number of rotatable bonds is 2. The first-order chi connectivity index (χ1) is 10.8. The molecule has 0 amide bonds. The van der Waals surface area contributed by atoms with Crippen molar-refractivity contribution >= 4 is 11.8 Å². The van der Waals surface area contributed by atoms with E-state index in [0.717, 1.165) is 16.7 Å². The van der Waals surface area contributed by atoms with Crippen LogP contribution in [0.4, 0.5) is 0 Å². The molecule has 22 heavy (non-hydrogen) atoms. The number of nitriles is 2. The average molecular weight is 283 g/mol. The van der Waals surface area contributed by atoms with Gasteiger partial charge < -0.3 is 4.90 Å². The fourth-order valence-electron chi connectivity index (χ4n) is 2.58. The molecule has 0 N–H and O–H groups in total. The van der Waals surface area contributed by atoms with Crippen molar-refractivity contribution in [1.82, 2.24) is 4.90 Å². The molecule has 2 aromatic carbocycles. The Morgan fingerprint density at radius 1 is 0.909 bits per heavy atom. The zero-order valence-corrected chi connectivity index (χ0v) is 11.9. The van der Waals surface area contributed by atoms with E-state index in [1.54, 1.807) is 0 Å². The van der Waals surface area contributed by atoms with E-state index in [1.165, 1.54) is 0 Å². The summed E-state index contributed by atoms with van der Waals surface area (Å²) >= 11 is 0. The van der Waals surface area contributed by atoms with Gasteiger partial charge in [0.25, 0.3) is 0 Å². The molecule has 0 saturated heterocycles. The van der Waals surface area contributed by atoms with Gasteiger partial charge in [0.1, 0.15) is 12.1 Å². The van der Waals surface area contributed by atoms with Crippen molar-refractivity contribution in [2.45, 2.75) is 6.54 Å².